The van der Waals surface area contributed by atoms with Gasteiger partial charge in [0.1, 0.15) is 6.61 Å². The Morgan fingerprint density at radius 1 is 1.08 bits per heavy atom. The lowest BCUT2D eigenvalue weighted by Gasteiger charge is -2.18. The fourth-order valence-electron chi connectivity index (χ4n) is 2.66. The summed E-state index contributed by atoms with van der Waals surface area (Å²) in [7, 11) is 1.58. The zero-order chi connectivity index (χ0) is 19.1. The number of carboxylic acids is 1. The molecule has 0 aliphatic heterocycles. The Hall–Kier alpha value is -2.53. The van der Waals surface area contributed by atoms with Crippen LogP contribution in [0.1, 0.15) is 30.5 Å². The van der Waals surface area contributed by atoms with Crippen LogP contribution in [0.5, 0.6) is 11.5 Å². The first-order valence-electron chi connectivity index (χ1n) is 8.62. The summed E-state index contributed by atoms with van der Waals surface area (Å²) in [4.78, 5) is 11.4. The number of hydrogen-bond acceptors (Lipinski definition) is 4. The Balaban J connectivity index is 2.15. The van der Waals surface area contributed by atoms with Crippen molar-refractivity contribution < 1.29 is 24.1 Å². The topological polar surface area (TPSA) is 65.0 Å². The van der Waals surface area contributed by atoms with Crippen molar-refractivity contribution in [3.8, 4) is 11.5 Å². The van der Waals surface area contributed by atoms with E-state index in [-0.39, 0.29) is 12.5 Å². The predicted octanol–water partition coefficient (Wildman–Crippen LogP) is 4.00. The minimum absolute atomic E-state index is 0.161. The zero-order valence-corrected chi connectivity index (χ0v) is 15.7. The average molecular weight is 358 g/mol. The zero-order valence-electron chi connectivity index (χ0n) is 15.7. The summed E-state index contributed by atoms with van der Waals surface area (Å²) in [6, 6.07) is 13.5. The summed E-state index contributed by atoms with van der Waals surface area (Å²) in [5.41, 5.74) is 3.05. The van der Waals surface area contributed by atoms with Gasteiger partial charge in [-0.3, -0.25) is 0 Å². The van der Waals surface area contributed by atoms with Gasteiger partial charge in [0.15, 0.2) is 17.6 Å². The van der Waals surface area contributed by atoms with Gasteiger partial charge in [-0.1, -0.05) is 35.9 Å². The highest BCUT2D eigenvalue weighted by Gasteiger charge is 2.21. The Kier molecular flexibility index (Phi) is 7.04. The van der Waals surface area contributed by atoms with Crippen molar-refractivity contribution in [1.82, 2.24) is 0 Å². The van der Waals surface area contributed by atoms with E-state index in [1.807, 2.05) is 51.1 Å². The molecule has 5 heteroatoms. The van der Waals surface area contributed by atoms with Crippen LogP contribution in [-0.4, -0.2) is 30.4 Å². The van der Waals surface area contributed by atoms with Crippen molar-refractivity contribution in [3.63, 3.8) is 0 Å². The van der Waals surface area contributed by atoms with Gasteiger partial charge in [-0.25, -0.2) is 4.79 Å². The second kappa shape index (κ2) is 9.25. The average Bonchev–Trinajstić information content (AvgIpc) is 2.59. The van der Waals surface area contributed by atoms with Crippen LogP contribution in [0.25, 0.3) is 0 Å². The summed E-state index contributed by atoms with van der Waals surface area (Å²) < 4.78 is 16.8. The molecule has 26 heavy (non-hydrogen) atoms. The molecule has 1 atom stereocenters. The fourth-order valence-corrected chi connectivity index (χ4v) is 2.66. The van der Waals surface area contributed by atoms with Gasteiger partial charge in [-0.05, 0) is 44.0 Å². The number of ether oxygens (including phenoxy) is 3. The van der Waals surface area contributed by atoms with E-state index in [0.29, 0.717) is 18.1 Å². The number of benzene rings is 2. The molecular formula is C21H26O5. The van der Waals surface area contributed by atoms with E-state index in [0.717, 1.165) is 11.1 Å². The van der Waals surface area contributed by atoms with E-state index in [9.17, 15) is 9.90 Å². The molecule has 0 heterocycles. The Morgan fingerprint density at radius 2 is 1.85 bits per heavy atom. The first-order valence-corrected chi connectivity index (χ1v) is 8.62. The van der Waals surface area contributed by atoms with Gasteiger partial charge in [0.2, 0.25) is 0 Å². The van der Waals surface area contributed by atoms with Gasteiger partial charge in [-0.15, -0.1) is 0 Å². The number of aryl methyl sites for hydroxylation is 1. The number of carboxylic acid groups (broad SMARTS) is 1. The van der Waals surface area contributed by atoms with Crippen LogP contribution in [-0.2, 0) is 22.6 Å². The van der Waals surface area contributed by atoms with E-state index in [2.05, 4.69) is 6.07 Å². The number of carbonyl (C=O) groups is 1. The van der Waals surface area contributed by atoms with E-state index in [1.54, 1.807) is 13.2 Å². The lowest BCUT2D eigenvalue weighted by Crippen LogP contribution is -2.29. The van der Waals surface area contributed by atoms with Gasteiger partial charge in [-0.2, -0.15) is 0 Å². The number of aliphatic carboxylic acids is 1. The van der Waals surface area contributed by atoms with Crippen LogP contribution in [0.15, 0.2) is 42.5 Å². The molecule has 0 saturated heterocycles. The first kappa shape index (κ1) is 19.8. The van der Waals surface area contributed by atoms with Gasteiger partial charge in [0, 0.05) is 6.42 Å². The molecule has 0 aliphatic rings. The first-order chi connectivity index (χ1) is 12.4. The van der Waals surface area contributed by atoms with E-state index >= 15 is 0 Å². The SMILES string of the molecule is COc1ccc(CC(OC(C)C)C(=O)O)cc1OCc1cccc(C)c1. The Bertz CT molecular complexity index is 739. The third-order valence-electron chi connectivity index (χ3n) is 3.84. The number of hydrogen-bond donors (Lipinski definition) is 1. The largest absolute Gasteiger partial charge is 0.493 e. The monoisotopic (exact) mass is 358 g/mol. The summed E-state index contributed by atoms with van der Waals surface area (Å²) in [6.45, 7) is 6.08. The van der Waals surface area contributed by atoms with Crippen molar-refractivity contribution in [1.29, 1.82) is 0 Å². The smallest absolute Gasteiger partial charge is 0.333 e. The number of methoxy groups -OCH3 is 1. The highest BCUT2D eigenvalue weighted by atomic mass is 16.5. The van der Waals surface area contributed by atoms with Gasteiger partial charge in [0.25, 0.3) is 0 Å². The predicted molar refractivity (Wildman–Crippen MR) is 99.9 cm³/mol. The normalized spacial score (nSPS) is 12.0. The van der Waals surface area contributed by atoms with Crippen molar-refractivity contribution in [2.45, 2.75) is 46.0 Å². The molecule has 5 nitrogen and oxygen atoms in total. The molecule has 0 aliphatic carbocycles. The third-order valence-corrected chi connectivity index (χ3v) is 3.84. The van der Waals surface area contributed by atoms with Crippen LogP contribution in [0.3, 0.4) is 0 Å². The molecule has 2 aromatic rings. The van der Waals surface area contributed by atoms with Crippen molar-refractivity contribution in [2.24, 2.45) is 0 Å². The summed E-state index contributed by atoms with van der Waals surface area (Å²) in [5.74, 6) is 0.218. The van der Waals surface area contributed by atoms with Crippen LogP contribution in [0.2, 0.25) is 0 Å². The van der Waals surface area contributed by atoms with Crippen LogP contribution < -0.4 is 9.47 Å². The molecule has 2 rings (SSSR count). The molecule has 0 fully saturated rings. The number of rotatable bonds is 9. The molecular weight excluding hydrogens is 332 g/mol. The molecule has 140 valence electrons. The molecule has 2 aromatic carbocycles. The van der Waals surface area contributed by atoms with Gasteiger partial charge < -0.3 is 19.3 Å². The van der Waals surface area contributed by atoms with Crippen molar-refractivity contribution in [3.05, 3.63) is 59.2 Å². The second-order valence-electron chi connectivity index (χ2n) is 6.48. The quantitative estimate of drug-likeness (QED) is 0.734. The lowest BCUT2D eigenvalue weighted by atomic mass is 10.1. The minimum atomic E-state index is -0.975. The Morgan fingerprint density at radius 3 is 2.46 bits per heavy atom. The van der Waals surface area contributed by atoms with Gasteiger partial charge in [0.05, 0.1) is 13.2 Å². The molecule has 0 aromatic heterocycles. The molecule has 0 bridgehead atoms. The maximum absolute atomic E-state index is 11.4. The standard InChI is InChI=1S/C21H26O5/c1-14(2)26-20(21(22)23)12-16-8-9-18(24-4)19(11-16)25-13-17-7-5-6-15(3)10-17/h5-11,14,20H,12-13H2,1-4H3,(H,22,23). The lowest BCUT2D eigenvalue weighted by molar-refractivity contribution is -0.153. The molecule has 0 saturated carbocycles. The maximum atomic E-state index is 11.4. The second-order valence-corrected chi connectivity index (χ2v) is 6.48. The molecule has 0 radical (unpaired) electrons. The Labute approximate surface area is 154 Å². The third kappa shape index (κ3) is 5.77. The van der Waals surface area contributed by atoms with Crippen molar-refractivity contribution >= 4 is 5.97 Å². The summed E-state index contributed by atoms with van der Waals surface area (Å²) >= 11 is 0. The van der Waals surface area contributed by atoms with Crippen LogP contribution in [0.4, 0.5) is 0 Å². The maximum Gasteiger partial charge on any atom is 0.333 e. The molecule has 1 N–H and O–H groups in total. The molecule has 0 amide bonds. The van der Waals surface area contributed by atoms with Crippen LogP contribution >= 0.6 is 0 Å². The van der Waals surface area contributed by atoms with E-state index in [1.165, 1.54) is 5.56 Å². The van der Waals surface area contributed by atoms with Crippen LogP contribution in [0, 0.1) is 6.92 Å². The highest BCUT2D eigenvalue weighted by molar-refractivity contribution is 5.72. The molecule has 1 unspecified atom stereocenters. The van der Waals surface area contributed by atoms with Gasteiger partial charge >= 0.3 is 5.97 Å². The molecule has 0 spiro atoms. The highest BCUT2D eigenvalue weighted by Crippen LogP contribution is 2.29. The summed E-state index contributed by atoms with van der Waals surface area (Å²) in [6.07, 6.45) is -0.794. The fraction of sp³-hybridized carbons (Fsp3) is 0.381. The van der Waals surface area contributed by atoms with Crippen molar-refractivity contribution in [2.75, 3.05) is 7.11 Å². The van der Waals surface area contributed by atoms with E-state index < -0.39 is 12.1 Å². The van der Waals surface area contributed by atoms with E-state index in [4.69, 9.17) is 14.2 Å². The summed E-state index contributed by atoms with van der Waals surface area (Å²) in [5, 5.41) is 9.35. The minimum Gasteiger partial charge on any atom is -0.493 e.